The van der Waals surface area contributed by atoms with Crippen molar-refractivity contribution in [2.24, 2.45) is 0 Å². The second-order valence-corrected chi connectivity index (χ2v) is 3.53. The molecule has 2 rings (SSSR count). The fourth-order valence-corrected chi connectivity index (χ4v) is 1.76. The summed E-state index contributed by atoms with van der Waals surface area (Å²) in [6.45, 7) is 5.89. The maximum Gasteiger partial charge on any atom is 0.126 e. The molecule has 1 heterocycles. The quantitative estimate of drug-likeness (QED) is 0.643. The molecule has 72 valence electrons. The number of anilines is 1. The van der Waals surface area contributed by atoms with E-state index in [0.29, 0.717) is 0 Å². The molecule has 0 atom stereocenters. The van der Waals surface area contributed by atoms with Crippen molar-refractivity contribution < 1.29 is 0 Å². The zero-order valence-electron chi connectivity index (χ0n) is 8.63. The molecule has 1 aromatic carbocycles. The summed E-state index contributed by atoms with van der Waals surface area (Å²) < 4.78 is 0. The number of hydrogen-bond donors (Lipinski definition) is 1. The first-order valence-electron chi connectivity index (χ1n) is 4.59. The summed E-state index contributed by atoms with van der Waals surface area (Å²) in [4.78, 5) is 8.71. The summed E-state index contributed by atoms with van der Waals surface area (Å²) in [7, 11) is 0. The van der Waals surface area contributed by atoms with Crippen LogP contribution in [0.4, 0.5) is 5.69 Å². The number of nitrogens with zero attached hydrogens (tertiary/aromatic N) is 2. The van der Waals surface area contributed by atoms with Crippen LogP contribution in [0.5, 0.6) is 0 Å². The maximum absolute atomic E-state index is 5.84. The second-order valence-electron chi connectivity index (χ2n) is 3.53. The SMILES string of the molecule is Cc1nc(C)c2c(C)c(N)ccc2n1. The van der Waals surface area contributed by atoms with Gasteiger partial charge in [0.2, 0.25) is 0 Å². The molecule has 0 amide bonds. The number of nitrogens with two attached hydrogens (primary N) is 1. The van der Waals surface area contributed by atoms with Gasteiger partial charge in [0.1, 0.15) is 5.82 Å². The minimum absolute atomic E-state index is 0.799. The third-order valence-electron chi connectivity index (χ3n) is 2.46. The van der Waals surface area contributed by atoms with Crippen LogP contribution in [0.15, 0.2) is 12.1 Å². The van der Waals surface area contributed by atoms with E-state index < -0.39 is 0 Å². The minimum Gasteiger partial charge on any atom is -0.398 e. The zero-order valence-corrected chi connectivity index (χ0v) is 8.63. The van der Waals surface area contributed by atoms with E-state index in [4.69, 9.17) is 5.73 Å². The average molecular weight is 187 g/mol. The summed E-state index contributed by atoms with van der Waals surface area (Å²) in [5.41, 5.74) is 9.68. The molecule has 3 heteroatoms. The van der Waals surface area contributed by atoms with Crippen molar-refractivity contribution >= 4 is 16.6 Å². The highest BCUT2D eigenvalue weighted by atomic mass is 14.9. The number of benzene rings is 1. The Hall–Kier alpha value is -1.64. The summed E-state index contributed by atoms with van der Waals surface area (Å²) in [6.07, 6.45) is 0. The van der Waals surface area contributed by atoms with E-state index in [1.807, 2.05) is 32.9 Å². The third kappa shape index (κ3) is 1.21. The van der Waals surface area contributed by atoms with Crippen molar-refractivity contribution in [1.82, 2.24) is 9.97 Å². The second kappa shape index (κ2) is 2.94. The Labute approximate surface area is 83.0 Å². The van der Waals surface area contributed by atoms with E-state index in [0.717, 1.165) is 33.7 Å². The number of hydrogen-bond acceptors (Lipinski definition) is 3. The molecule has 2 N–H and O–H groups in total. The molecule has 0 saturated heterocycles. The molecular formula is C11H13N3. The Bertz CT molecular complexity index is 503. The van der Waals surface area contributed by atoms with Gasteiger partial charge in [-0.05, 0) is 38.5 Å². The van der Waals surface area contributed by atoms with Gasteiger partial charge in [-0.25, -0.2) is 9.97 Å². The number of nitrogen functional groups attached to an aromatic ring is 1. The summed E-state index contributed by atoms with van der Waals surface area (Å²) in [5, 5.41) is 1.08. The predicted octanol–water partition coefficient (Wildman–Crippen LogP) is 2.14. The fourth-order valence-electron chi connectivity index (χ4n) is 1.76. The first kappa shape index (κ1) is 8.94. The lowest BCUT2D eigenvalue weighted by Gasteiger charge is -2.07. The highest BCUT2D eigenvalue weighted by Gasteiger charge is 2.06. The molecule has 14 heavy (non-hydrogen) atoms. The highest BCUT2D eigenvalue weighted by Crippen LogP contribution is 2.24. The Morgan fingerprint density at radius 2 is 1.79 bits per heavy atom. The van der Waals surface area contributed by atoms with E-state index >= 15 is 0 Å². The Morgan fingerprint density at radius 3 is 2.50 bits per heavy atom. The number of fused-ring (bicyclic) bond motifs is 1. The predicted molar refractivity (Wildman–Crippen MR) is 58.2 cm³/mol. The van der Waals surface area contributed by atoms with Crippen LogP contribution in [0.2, 0.25) is 0 Å². The van der Waals surface area contributed by atoms with Crippen molar-refractivity contribution in [2.75, 3.05) is 5.73 Å². The lowest BCUT2D eigenvalue weighted by Crippen LogP contribution is -1.97. The van der Waals surface area contributed by atoms with E-state index in [2.05, 4.69) is 9.97 Å². The minimum atomic E-state index is 0.799. The number of aromatic nitrogens is 2. The van der Waals surface area contributed by atoms with Gasteiger partial charge in [0.15, 0.2) is 0 Å². The molecule has 0 saturated carbocycles. The van der Waals surface area contributed by atoms with Crippen LogP contribution in [-0.4, -0.2) is 9.97 Å². The van der Waals surface area contributed by atoms with Crippen molar-refractivity contribution in [3.05, 3.63) is 29.2 Å². The molecule has 0 bridgehead atoms. The van der Waals surface area contributed by atoms with Crippen LogP contribution in [0.3, 0.4) is 0 Å². The molecule has 0 unspecified atom stereocenters. The van der Waals surface area contributed by atoms with Crippen molar-refractivity contribution in [3.63, 3.8) is 0 Å². The van der Waals surface area contributed by atoms with Gasteiger partial charge in [-0.3, -0.25) is 0 Å². The average Bonchev–Trinajstić information content (AvgIpc) is 2.10. The Balaban J connectivity index is 2.95. The van der Waals surface area contributed by atoms with Gasteiger partial charge in [0.05, 0.1) is 5.52 Å². The summed E-state index contributed by atoms with van der Waals surface area (Å²) >= 11 is 0. The number of rotatable bonds is 0. The van der Waals surface area contributed by atoms with Gasteiger partial charge in [0, 0.05) is 16.8 Å². The van der Waals surface area contributed by atoms with Gasteiger partial charge in [-0.15, -0.1) is 0 Å². The molecule has 1 aromatic heterocycles. The van der Waals surface area contributed by atoms with Crippen molar-refractivity contribution in [3.8, 4) is 0 Å². The van der Waals surface area contributed by atoms with Gasteiger partial charge < -0.3 is 5.73 Å². The van der Waals surface area contributed by atoms with Gasteiger partial charge in [-0.1, -0.05) is 0 Å². The Morgan fingerprint density at radius 1 is 1.07 bits per heavy atom. The normalized spacial score (nSPS) is 10.8. The van der Waals surface area contributed by atoms with Crippen LogP contribution in [0.25, 0.3) is 10.9 Å². The van der Waals surface area contributed by atoms with Crippen LogP contribution in [-0.2, 0) is 0 Å². The van der Waals surface area contributed by atoms with Crippen LogP contribution in [0.1, 0.15) is 17.1 Å². The van der Waals surface area contributed by atoms with Gasteiger partial charge in [0.25, 0.3) is 0 Å². The molecule has 0 radical (unpaired) electrons. The van der Waals surface area contributed by atoms with Crippen molar-refractivity contribution in [2.45, 2.75) is 20.8 Å². The molecule has 0 aliphatic carbocycles. The van der Waals surface area contributed by atoms with Crippen LogP contribution >= 0.6 is 0 Å². The largest absolute Gasteiger partial charge is 0.398 e. The van der Waals surface area contributed by atoms with E-state index in [1.165, 1.54) is 0 Å². The van der Waals surface area contributed by atoms with E-state index in [-0.39, 0.29) is 0 Å². The smallest absolute Gasteiger partial charge is 0.126 e. The Kier molecular flexibility index (Phi) is 1.88. The molecule has 0 aliphatic rings. The molecule has 0 aliphatic heterocycles. The topological polar surface area (TPSA) is 51.8 Å². The molecule has 2 aromatic rings. The van der Waals surface area contributed by atoms with Crippen LogP contribution in [0, 0.1) is 20.8 Å². The summed E-state index contributed by atoms with van der Waals surface area (Å²) in [5.74, 6) is 0.805. The maximum atomic E-state index is 5.84. The van der Waals surface area contributed by atoms with Gasteiger partial charge >= 0.3 is 0 Å². The molecular weight excluding hydrogens is 174 g/mol. The van der Waals surface area contributed by atoms with Crippen molar-refractivity contribution in [1.29, 1.82) is 0 Å². The van der Waals surface area contributed by atoms with Gasteiger partial charge in [-0.2, -0.15) is 0 Å². The first-order chi connectivity index (χ1) is 6.59. The third-order valence-corrected chi connectivity index (χ3v) is 2.46. The van der Waals surface area contributed by atoms with E-state index in [9.17, 15) is 0 Å². The summed E-state index contributed by atoms with van der Waals surface area (Å²) in [6, 6.07) is 3.84. The molecule has 3 nitrogen and oxygen atoms in total. The molecule has 0 spiro atoms. The van der Waals surface area contributed by atoms with E-state index in [1.54, 1.807) is 0 Å². The number of aryl methyl sites for hydroxylation is 3. The molecule has 0 fully saturated rings. The fraction of sp³-hybridized carbons (Fsp3) is 0.273. The lowest BCUT2D eigenvalue weighted by atomic mass is 10.1. The van der Waals surface area contributed by atoms with Crippen LogP contribution < -0.4 is 5.73 Å². The lowest BCUT2D eigenvalue weighted by molar-refractivity contribution is 1.05. The monoisotopic (exact) mass is 187 g/mol. The standard InChI is InChI=1S/C11H13N3/c1-6-9(12)4-5-10-11(6)7(2)13-8(3)14-10/h4-5H,12H2,1-3H3. The zero-order chi connectivity index (χ0) is 10.3. The first-order valence-corrected chi connectivity index (χ1v) is 4.59. The highest BCUT2D eigenvalue weighted by molar-refractivity contribution is 5.88.